The summed E-state index contributed by atoms with van der Waals surface area (Å²) in [5.41, 5.74) is 3.48. The van der Waals surface area contributed by atoms with E-state index in [4.69, 9.17) is 4.74 Å². The molecule has 4 heterocycles. The van der Waals surface area contributed by atoms with Crippen LogP contribution in [0.2, 0.25) is 0 Å². The van der Waals surface area contributed by atoms with E-state index in [1.165, 1.54) is 13.9 Å². The van der Waals surface area contributed by atoms with Gasteiger partial charge in [0.1, 0.15) is 17.1 Å². The molecular formula is C24H23N9O3. The molecule has 12 nitrogen and oxygen atoms in total. The summed E-state index contributed by atoms with van der Waals surface area (Å²) >= 11 is 0. The number of anilines is 2. The lowest BCUT2D eigenvalue weighted by Crippen LogP contribution is -2.16. The van der Waals surface area contributed by atoms with Crippen LogP contribution in [0.3, 0.4) is 0 Å². The second-order valence-corrected chi connectivity index (χ2v) is 8.23. The maximum absolute atomic E-state index is 12.6. The molecule has 0 unspecified atom stereocenters. The number of imidazole rings is 1. The zero-order chi connectivity index (χ0) is 25.4. The number of benzene rings is 1. The molecular weight excluding hydrogens is 462 g/mol. The fraction of sp³-hybridized carbons (Fsp3) is 0.167. The highest BCUT2D eigenvalue weighted by Gasteiger charge is 2.15. The Morgan fingerprint density at radius 2 is 1.50 bits per heavy atom. The van der Waals surface area contributed by atoms with Gasteiger partial charge in [-0.15, -0.1) is 5.10 Å². The molecule has 0 spiro atoms. The van der Waals surface area contributed by atoms with Gasteiger partial charge in [0.15, 0.2) is 11.5 Å². The number of ether oxygens (including phenoxy) is 1. The Morgan fingerprint density at radius 3 is 2.14 bits per heavy atom. The normalized spacial score (nSPS) is 11.0. The van der Waals surface area contributed by atoms with Crippen molar-refractivity contribution in [2.45, 2.75) is 13.8 Å². The molecule has 182 valence electrons. The van der Waals surface area contributed by atoms with E-state index in [0.717, 1.165) is 11.4 Å². The fourth-order valence-corrected chi connectivity index (χ4v) is 3.76. The molecule has 2 N–H and O–H groups in total. The zero-order valence-electron chi connectivity index (χ0n) is 20.1. The largest absolute Gasteiger partial charge is 0.438 e. The standard InChI is InChI=1S/C24H23N9O3/c1-14-10-18(31(3)28-14)23(34)25-16-6-5-7-17(12-16)36-22-9-8-21-26-20(13-33(21)30-22)27-24(35)19-11-15(2)29-32(19)4/h5-13H,1-4H3,(H,25,34)(H,27,35). The molecule has 0 bridgehead atoms. The third-order valence-corrected chi connectivity index (χ3v) is 5.32. The molecule has 0 aliphatic carbocycles. The van der Waals surface area contributed by atoms with Crippen molar-refractivity contribution in [2.24, 2.45) is 14.1 Å². The lowest BCUT2D eigenvalue weighted by atomic mass is 10.3. The van der Waals surface area contributed by atoms with Crippen LogP contribution in [0.1, 0.15) is 32.4 Å². The van der Waals surface area contributed by atoms with E-state index >= 15 is 0 Å². The summed E-state index contributed by atoms with van der Waals surface area (Å²) in [5, 5.41) is 18.4. The number of fused-ring (bicyclic) bond motifs is 1. The molecule has 0 fully saturated rings. The van der Waals surface area contributed by atoms with Crippen molar-refractivity contribution in [3.05, 3.63) is 77.5 Å². The fourth-order valence-electron chi connectivity index (χ4n) is 3.76. The van der Waals surface area contributed by atoms with E-state index in [-0.39, 0.29) is 11.8 Å². The van der Waals surface area contributed by atoms with Crippen molar-refractivity contribution in [3.63, 3.8) is 0 Å². The number of rotatable bonds is 6. The van der Waals surface area contributed by atoms with Gasteiger partial charge in [0.25, 0.3) is 11.8 Å². The topological polar surface area (TPSA) is 133 Å². The average Bonchev–Trinajstić information content (AvgIpc) is 3.48. The quantitative estimate of drug-likeness (QED) is 0.377. The van der Waals surface area contributed by atoms with Crippen LogP contribution < -0.4 is 15.4 Å². The molecule has 0 aliphatic heterocycles. The van der Waals surface area contributed by atoms with Gasteiger partial charge in [0.05, 0.1) is 17.6 Å². The maximum Gasteiger partial charge on any atom is 0.275 e. The molecule has 0 saturated carbocycles. The van der Waals surface area contributed by atoms with Gasteiger partial charge in [-0.25, -0.2) is 9.50 Å². The third-order valence-electron chi connectivity index (χ3n) is 5.32. The average molecular weight is 486 g/mol. The lowest BCUT2D eigenvalue weighted by molar-refractivity contribution is 0.101. The first-order chi connectivity index (χ1) is 17.2. The summed E-state index contributed by atoms with van der Waals surface area (Å²) in [6.07, 6.45) is 1.59. The molecule has 0 aliphatic rings. The van der Waals surface area contributed by atoms with E-state index in [2.05, 4.69) is 30.9 Å². The third kappa shape index (κ3) is 4.64. The summed E-state index contributed by atoms with van der Waals surface area (Å²) in [5.74, 6) is 0.549. The number of aromatic nitrogens is 7. The number of hydrogen-bond donors (Lipinski definition) is 2. The van der Waals surface area contributed by atoms with Crippen LogP contribution in [-0.4, -0.2) is 46.0 Å². The Kier molecular flexibility index (Phi) is 5.68. The number of hydrogen-bond acceptors (Lipinski definition) is 7. The molecule has 36 heavy (non-hydrogen) atoms. The smallest absolute Gasteiger partial charge is 0.275 e. The van der Waals surface area contributed by atoms with Crippen LogP contribution in [0.15, 0.2) is 54.7 Å². The predicted octanol–water partition coefficient (Wildman–Crippen LogP) is 3.11. The summed E-state index contributed by atoms with van der Waals surface area (Å²) in [4.78, 5) is 29.5. The second kappa shape index (κ2) is 8.98. The Balaban J connectivity index is 1.29. The Hall–Kier alpha value is -5.00. The van der Waals surface area contributed by atoms with Crippen molar-refractivity contribution >= 4 is 29.0 Å². The maximum atomic E-state index is 12.6. The molecule has 0 saturated heterocycles. The molecule has 5 rings (SSSR count). The monoisotopic (exact) mass is 485 g/mol. The highest BCUT2D eigenvalue weighted by Crippen LogP contribution is 2.24. The minimum Gasteiger partial charge on any atom is -0.438 e. The zero-order valence-corrected chi connectivity index (χ0v) is 20.1. The molecule has 0 atom stereocenters. The van der Waals surface area contributed by atoms with Crippen molar-refractivity contribution < 1.29 is 14.3 Å². The highest BCUT2D eigenvalue weighted by atomic mass is 16.5. The van der Waals surface area contributed by atoms with Crippen LogP contribution in [0.5, 0.6) is 11.6 Å². The van der Waals surface area contributed by atoms with Gasteiger partial charge in [-0.05, 0) is 44.2 Å². The molecule has 12 heteroatoms. The number of nitrogens with zero attached hydrogens (tertiary/aromatic N) is 7. The van der Waals surface area contributed by atoms with E-state index in [9.17, 15) is 9.59 Å². The van der Waals surface area contributed by atoms with E-state index in [0.29, 0.717) is 40.2 Å². The highest BCUT2D eigenvalue weighted by molar-refractivity contribution is 6.03. The first-order valence-electron chi connectivity index (χ1n) is 11.0. The van der Waals surface area contributed by atoms with Crippen LogP contribution in [0, 0.1) is 13.8 Å². The lowest BCUT2D eigenvalue weighted by Gasteiger charge is -2.08. The van der Waals surface area contributed by atoms with Gasteiger partial charge in [-0.2, -0.15) is 10.2 Å². The minimum atomic E-state index is -0.321. The van der Waals surface area contributed by atoms with Gasteiger partial charge in [0.2, 0.25) is 5.88 Å². The van der Waals surface area contributed by atoms with E-state index < -0.39 is 0 Å². The Morgan fingerprint density at radius 1 is 0.833 bits per heavy atom. The van der Waals surface area contributed by atoms with Gasteiger partial charge in [-0.1, -0.05) is 6.07 Å². The Bertz CT molecular complexity index is 1610. The van der Waals surface area contributed by atoms with Crippen LogP contribution >= 0.6 is 0 Å². The summed E-state index contributed by atoms with van der Waals surface area (Å²) in [6.45, 7) is 3.65. The van der Waals surface area contributed by atoms with Gasteiger partial charge >= 0.3 is 0 Å². The van der Waals surface area contributed by atoms with E-state index in [1.54, 1.807) is 68.8 Å². The number of nitrogens with one attached hydrogen (secondary N) is 2. The number of carbonyl (C=O) groups excluding carboxylic acids is 2. The SMILES string of the molecule is Cc1cc(C(=O)Nc2cccc(Oc3ccc4nc(NC(=O)c5cc(C)nn5C)cn4n3)c2)n(C)n1. The van der Waals surface area contributed by atoms with Crippen molar-refractivity contribution in [1.29, 1.82) is 0 Å². The van der Waals surface area contributed by atoms with Gasteiger partial charge in [0, 0.05) is 31.9 Å². The summed E-state index contributed by atoms with van der Waals surface area (Å²) < 4.78 is 10.4. The van der Waals surface area contributed by atoms with Crippen molar-refractivity contribution in [3.8, 4) is 11.6 Å². The molecule has 2 amide bonds. The second-order valence-electron chi connectivity index (χ2n) is 8.23. The van der Waals surface area contributed by atoms with Crippen LogP contribution in [0.25, 0.3) is 5.65 Å². The molecule has 0 radical (unpaired) electrons. The van der Waals surface area contributed by atoms with Crippen molar-refractivity contribution in [2.75, 3.05) is 10.6 Å². The molecule has 1 aromatic carbocycles. The number of carbonyl (C=O) groups is 2. The van der Waals surface area contributed by atoms with Gasteiger partial charge in [-0.3, -0.25) is 19.0 Å². The first kappa shape index (κ1) is 22.8. The first-order valence-corrected chi connectivity index (χ1v) is 11.0. The number of aryl methyl sites for hydroxylation is 4. The van der Waals surface area contributed by atoms with Crippen LogP contribution in [-0.2, 0) is 14.1 Å². The summed E-state index contributed by atoms with van der Waals surface area (Å²) in [7, 11) is 3.42. The molecule has 5 aromatic rings. The predicted molar refractivity (Wildman–Crippen MR) is 131 cm³/mol. The minimum absolute atomic E-state index is 0.274. The number of amides is 2. The van der Waals surface area contributed by atoms with Crippen molar-refractivity contribution in [1.82, 2.24) is 34.2 Å². The Labute approximate surface area is 205 Å². The van der Waals surface area contributed by atoms with Gasteiger partial charge < -0.3 is 15.4 Å². The molecule has 4 aromatic heterocycles. The summed E-state index contributed by atoms with van der Waals surface area (Å²) in [6, 6.07) is 13.8. The van der Waals surface area contributed by atoms with Crippen LogP contribution in [0.4, 0.5) is 11.5 Å². The van der Waals surface area contributed by atoms with E-state index in [1.807, 2.05) is 13.8 Å².